The van der Waals surface area contributed by atoms with Gasteiger partial charge in [0.25, 0.3) is 11.6 Å². The number of hydrogen-bond donors (Lipinski definition) is 2. The number of hydrazine groups is 1. The number of amides is 1. The van der Waals surface area contributed by atoms with Crippen molar-refractivity contribution in [3.63, 3.8) is 0 Å². The summed E-state index contributed by atoms with van der Waals surface area (Å²) in [7, 11) is 0. The lowest BCUT2D eigenvalue weighted by atomic mass is 10.1. The number of carboxylic acids is 1. The van der Waals surface area contributed by atoms with Gasteiger partial charge in [-0.2, -0.15) is 0 Å². The fourth-order valence-electron chi connectivity index (χ4n) is 1.08. The number of nitro benzene ring substituents is 1. The summed E-state index contributed by atoms with van der Waals surface area (Å²) in [5.41, 5.74) is 0.340. The summed E-state index contributed by atoms with van der Waals surface area (Å²) in [5, 5.41) is 21.1. The van der Waals surface area contributed by atoms with Crippen LogP contribution in [0.15, 0.2) is 18.2 Å². The number of rotatable bonds is 3. The molecule has 8 heteroatoms. The Labute approximate surface area is 88.8 Å². The Morgan fingerprint density at radius 3 is 2.44 bits per heavy atom. The van der Waals surface area contributed by atoms with E-state index in [-0.39, 0.29) is 5.56 Å². The van der Waals surface area contributed by atoms with Crippen LogP contribution in [0.4, 0.5) is 5.69 Å². The molecule has 16 heavy (non-hydrogen) atoms. The highest BCUT2D eigenvalue weighted by Gasteiger charge is 2.17. The highest BCUT2D eigenvalue weighted by atomic mass is 16.6. The molecule has 0 saturated carbocycles. The Kier molecular flexibility index (Phi) is 3.16. The minimum Gasteiger partial charge on any atom is -0.545 e. The molecule has 0 aliphatic carbocycles. The van der Waals surface area contributed by atoms with Gasteiger partial charge in [-0.05, 0) is 12.1 Å². The summed E-state index contributed by atoms with van der Waals surface area (Å²) in [6, 6.07) is 2.83. The number of aromatic carboxylic acids is 1. The molecule has 8 nitrogen and oxygen atoms in total. The predicted molar refractivity (Wildman–Crippen MR) is 49.1 cm³/mol. The molecular formula is C8H6N3O5-. The second-order valence-electron chi connectivity index (χ2n) is 2.75. The molecule has 0 heterocycles. The van der Waals surface area contributed by atoms with E-state index in [2.05, 4.69) is 0 Å². The Hall–Kier alpha value is -2.48. The van der Waals surface area contributed by atoms with E-state index in [9.17, 15) is 24.8 Å². The second-order valence-corrected chi connectivity index (χ2v) is 2.75. The van der Waals surface area contributed by atoms with Crippen LogP contribution in [0.25, 0.3) is 0 Å². The van der Waals surface area contributed by atoms with Crippen molar-refractivity contribution in [1.29, 1.82) is 0 Å². The molecular weight excluding hydrogens is 218 g/mol. The molecule has 0 saturated heterocycles. The number of nitrogens with one attached hydrogen (secondary N) is 1. The summed E-state index contributed by atoms with van der Waals surface area (Å²) in [5.74, 6) is 2.39. The maximum Gasteiger partial charge on any atom is 0.279 e. The van der Waals surface area contributed by atoms with Gasteiger partial charge < -0.3 is 9.90 Å². The zero-order chi connectivity index (χ0) is 12.3. The third-order valence-corrected chi connectivity index (χ3v) is 1.81. The Morgan fingerprint density at radius 2 is 2.00 bits per heavy atom. The molecule has 0 fully saturated rings. The number of benzene rings is 1. The van der Waals surface area contributed by atoms with Crippen molar-refractivity contribution in [2.75, 3.05) is 0 Å². The van der Waals surface area contributed by atoms with Crippen LogP contribution in [-0.2, 0) is 0 Å². The van der Waals surface area contributed by atoms with Gasteiger partial charge in [0.2, 0.25) is 0 Å². The fourth-order valence-corrected chi connectivity index (χ4v) is 1.08. The Balaban J connectivity index is 3.34. The Morgan fingerprint density at radius 1 is 1.38 bits per heavy atom. The first-order chi connectivity index (χ1) is 7.47. The van der Waals surface area contributed by atoms with Crippen LogP contribution in [0.3, 0.4) is 0 Å². The monoisotopic (exact) mass is 224 g/mol. The molecule has 84 valence electrons. The minimum atomic E-state index is -1.69. The van der Waals surface area contributed by atoms with Crippen LogP contribution in [0, 0.1) is 10.1 Å². The summed E-state index contributed by atoms with van der Waals surface area (Å²) in [6.45, 7) is 0. The Bertz CT molecular complexity index is 471. The maximum atomic E-state index is 11.0. The number of nitro groups is 1. The van der Waals surface area contributed by atoms with E-state index in [4.69, 9.17) is 5.84 Å². The van der Waals surface area contributed by atoms with Crippen molar-refractivity contribution in [2.24, 2.45) is 5.84 Å². The van der Waals surface area contributed by atoms with E-state index in [1.165, 1.54) is 0 Å². The van der Waals surface area contributed by atoms with Crippen LogP contribution in [0.2, 0.25) is 0 Å². The third-order valence-electron chi connectivity index (χ3n) is 1.81. The first-order valence-electron chi connectivity index (χ1n) is 3.98. The van der Waals surface area contributed by atoms with E-state index in [1.807, 2.05) is 0 Å². The van der Waals surface area contributed by atoms with Crippen LogP contribution in [0.1, 0.15) is 20.7 Å². The first kappa shape index (κ1) is 11.6. The molecule has 0 atom stereocenters. The average molecular weight is 224 g/mol. The predicted octanol–water partition coefficient (Wildman–Crippen LogP) is -1.44. The van der Waals surface area contributed by atoms with Crippen LogP contribution < -0.4 is 16.4 Å². The molecule has 1 rings (SSSR count). The summed E-state index contributed by atoms with van der Waals surface area (Å²) in [6.07, 6.45) is 0. The molecule has 0 aliphatic rings. The molecule has 1 aromatic rings. The largest absolute Gasteiger partial charge is 0.545 e. The summed E-state index contributed by atoms with van der Waals surface area (Å²) < 4.78 is 0. The molecule has 0 radical (unpaired) electrons. The lowest BCUT2D eigenvalue weighted by molar-refractivity contribution is -0.385. The standard InChI is InChI=1S/C8H7N3O5/c9-10-7(12)4-1-2-5(8(13)14)6(3-4)11(15)16/h1-3H,9H2,(H,10,12)(H,13,14)/p-1. The smallest absolute Gasteiger partial charge is 0.279 e. The molecule has 0 unspecified atom stereocenters. The van der Waals surface area contributed by atoms with Gasteiger partial charge in [-0.1, -0.05) is 0 Å². The normalized spacial score (nSPS) is 9.56. The number of carbonyl (C=O) groups excluding carboxylic acids is 2. The van der Waals surface area contributed by atoms with Gasteiger partial charge in [0.05, 0.1) is 16.5 Å². The molecule has 0 spiro atoms. The van der Waals surface area contributed by atoms with E-state index in [0.29, 0.717) is 0 Å². The molecule has 0 aliphatic heterocycles. The maximum absolute atomic E-state index is 11.0. The second kappa shape index (κ2) is 4.36. The minimum absolute atomic E-state index is 0.112. The number of nitrogens with two attached hydrogens (primary N) is 1. The molecule has 0 aromatic heterocycles. The van der Waals surface area contributed by atoms with Crippen molar-refractivity contribution >= 4 is 17.6 Å². The van der Waals surface area contributed by atoms with Crippen molar-refractivity contribution in [3.05, 3.63) is 39.4 Å². The molecule has 3 N–H and O–H groups in total. The van der Waals surface area contributed by atoms with E-state index < -0.39 is 28.1 Å². The zero-order valence-electron chi connectivity index (χ0n) is 7.80. The van der Waals surface area contributed by atoms with Crippen molar-refractivity contribution in [2.45, 2.75) is 0 Å². The molecule has 0 bridgehead atoms. The van der Waals surface area contributed by atoms with Crippen molar-refractivity contribution in [1.82, 2.24) is 5.43 Å². The van der Waals surface area contributed by atoms with Gasteiger partial charge >= 0.3 is 0 Å². The SMILES string of the molecule is NNC(=O)c1ccc(C(=O)[O-])c([N+](=O)[O-])c1. The lowest BCUT2D eigenvalue weighted by Gasteiger charge is -2.05. The van der Waals surface area contributed by atoms with Crippen LogP contribution >= 0.6 is 0 Å². The number of nitrogen functional groups attached to an aromatic ring is 1. The lowest BCUT2D eigenvalue weighted by Crippen LogP contribution is -2.30. The van der Waals surface area contributed by atoms with E-state index in [1.54, 1.807) is 5.43 Å². The van der Waals surface area contributed by atoms with Gasteiger partial charge in [0.1, 0.15) is 0 Å². The van der Waals surface area contributed by atoms with Crippen LogP contribution in [-0.4, -0.2) is 16.8 Å². The number of carboxylic acid groups (broad SMARTS) is 1. The fraction of sp³-hybridized carbons (Fsp3) is 0. The average Bonchev–Trinajstić information content (AvgIpc) is 2.26. The summed E-state index contributed by atoms with van der Waals surface area (Å²) in [4.78, 5) is 31.2. The van der Waals surface area contributed by atoms with E-state index >= 15 is 0 Å². The van der Waals surface area contributed by atoms with Crippen LogP contribution in [0.5, 0.6) is 0 Å². The van der Waals surface area contributed by atoms with Gasteiger partial charge in [-0.15, -0.1) is 0 Å². The van der Waals surface area contributed by atoms with Gasteiger partial charge in [0.15, 0.2) is 0 Å². The van der Waals surface area contributed by atoms with E-state index in [0.717, 1.165) is 18.2 Å². The first-order valence-corrected chi connectivity index (χ1v) is 3.98. The zero-order valence-corrected chi connectivity index (χ0v) is 7.80. The number of nitrogens with zero attached hydrogens (tertiary/aromatic N) is 1. The van der Waals surface area contributed by atoms with Gasteiger partial charge in [0, 0.05) is 11.6 Å². The van der Waals surface area contributed by atoms with Crippen molar-refractivity contribution in [3.8, 4) is 0 Å². The number of hydrogen-bond acceptors (Lipinski definition) is 6. The quantitative estimate of drug-likeness (QED) is 0.279. The van der Waals surface area contributed by atoms with Gasteiger partial charge in [-0.3, -0.25) is 20.3 Å². The summed E-state index contributed by atoms with van der Waals surface area (Å²) >= 11 is 0. The van der Waals surface area contributed by atoms with Gasteiger partial charge in [-0.25, -0.2) is 5.84 Å². The number of carbonyl (C=O) groups is 2. The van der Waals surface area contributed by atoms with Crippen molar-refractivity contribution < 1.29 is 19.6 Å². The topological polar surface area (TPSA) is 138 Å². The third kappa shape index (κ3) is 2.12. The molecule has 1 amide bonds. The highest BCUT2D eigenvalue weighted by molar-refractivity contribution is 5.97. The molecule has 1 aromatic carbocycles. The highest BCUT2D eigenvalue weighted by Crippen LogP contribution is 2.19.